The van der Waals surface area contributed by atoms with Gasteiger partial charge in [0.05, 0.1) is 6.61 Å². The molecule has 28 heavy (non-hydrogen) atoms. The topological polar surface area (TPSA) is 89.6 Å². The van der Waals surface area contributed by atoms with Crippen molar-refractivity contribution in [1.82, 2.24) is 0 Å². The predicted octanol–water partition coefficient (Wildman–Crippen LogP) is 5.98. The highest BCUT2D eigenvalue weighted by Gasteiger charge is 2.15. The van der Waals surface area contributed by atoms with Crippen LogP contribution in [0, 0.1) is 0 Å². The smallest absolute Gasteiger partial charge is 0.322 e. The lowest BCUT2D eigenvalue weighted by molar-refractivity contribution is -0.145. The van der Waals surface area contributed by atoms with Crippen molar-refractivity contribution in [3.05, 3.63) is 0 Å². The Labute approximate surface area is 172 Å². The zero-order valence-electron chi connectivity index (χ0n) is 18.3. The van der Waals surface area contributed by atoms with E-state index in [-0.39, 0.29) is 12.8 Å². The molecule has 0 radical (unpaired) electrons. The molecular weight excluding hydrogens is 354 g/mol. The lowest BCUT2D eigenvalue weighted by Crippen LogP contribution is -2.33. The van der Waals surface area contributed by atoms with E-state index in [1.165, 1.54) is 89.9 Å². The van der Waals surface area contributed by atoms with Crippen molar-refractivity contribution < 1.29 is 19.4 Å². The van der Waals surface area contributed by atoms with E-state index in [1.54, 1.807) is 0 Å². The van der Waals surface area contributed by atoms with Crippen LogP contribution in [0.1, 0.15) is 122 Å². The molecule has 0 aliphatic rings. The van der Waals surface area contributed by atoms with Gasteiger partial charge in [-0.05, 0) is 12.8 Å². The van der Waals surface area contributed by atoms with Gasteiger partial charge in [0, 0.05) is 6.42 Å². The first-order valence-electron chi connectivity index (χ1n) is 11.7. The van der Waals surface area contributed by atoms with Gasteiger partial charge < -0.3 is 15.6 Å². The van der Waals surface area contributed by atoms with Crippen LogP contribution in [-0.2, 0) is 14.3 Å². The minimum absolute atomic E-state index is 0.102. The van der Waals surface area contributed by atoms with Gasteiger partial charge in [0.1, 0.15) is 6.04 Å². The summed E-state index contributed by atoms with van der Waals surface area (Å²) in [5.41, 5.74) is 5.60. The summed E-state index contributed by atoms with van der Waals surface area (Å²) in [7, 11) is 0. The highest BCUT2D eigenvalue weighted by molar-refractivity contribution is 5.76. The number of ether oxygens (including phenoxy) is 1. The number of rotatable bonds is 21. The van der Waals surface area contributed by atoms with Crippen molar-refractivity contribution in [2.45, 2.75) is 129 Å². The van der Waals surface area contributed by atoms with E-state index in [4.69, 9.17) is 15.6 Å². The molecule has 0 aliphatic heterocycles. The van der Waals surface area contributed by atoms with E-state index in [0.29, 0.717) is 6.61 Å². The summed E-state index contributed by atoms with van der Waals surface area (Å²) in [5, 5.41) is 8.57. The van der Waals surface area contributed by atoms with Crippen LogP contribution in [0.5, 0.6) is 0 Å². The largest absolute Gasteiger partial charge is 0.481 e. The Kier molecular flexibility index (Phi) is 19.8. The fourth-order valence-electron chi connectivity index (χ4n) is 3.33. The molecule has 0 fully saturated rings. The zero-order valence-corrected chi connectivity index (χ0v) is 18.3. The summed E-state index contributed by atoms with van der Waals surface area (Å²) in [5.74, 6) is -1.43. The van der Waals surface area contributed by atoms with Gasteiger partial charge in [-0.25, -0.2) is 0 Å². The maximum absolute atomic E-state index is 11.6. The molecule has 0 aromatic carbocycles. The quantitative estimate of drug-likeness (QED) is 0.183. The molecule has 3 N–H and O–H groups in total. The van der Waals surface area contributed by atoms with Crippen molar-refractivity contribution in [2.75, 3.05) is 6.61 Å². The molecule has 166 valence electrons. The van der Waals surface area contributed by atoms with Gasteiger partial charge in [-0.3, -0.25) is 9.59 Å². The van der Waals surface area contributed by atoms with Gasteiger partial charge in [-0.1, -0.05) is 103 Å². The van der Waals surface area contributed by atoms with Crippen LogP contribution in [0.15, 0.2) is 0 Å². The molecule has 5 nitrogen and oxygen atoms in total. The average Bonchev–Trinajstić information content (AvgIpc) is 2.68. The molecule has 0 saturated heterocycles. The second-order valence-corrected chi connectivity index (χ2v) is 8.01. The third-order valence-electron chi connectivity index (χ3n) is 5.21. The van der Waals surface area contributed by atoms with Crippen molar-refractivity contribution in [3.63, 3.8) is 0 Å². The number of hydrogen-bond acceptors (Lipinski definition) is 4. The highest BCUT2D eigenvalue weighted by atomic mass is 16.5. The molecule has 0 aromatic rings. The normalized spacial score (nSPS) is 12.1. The fraction of sp³-hybridized carbons (Fsp3) is 0.913. The molecular formula is C23H45NO4. The Morgan fingerprint density at radius 1 is 0.750 bits per heavy atom. The number of carboxylic acids is 1. The van der Waals surface area contributed by atoms with Crippen molar-refractivity contribution >= 4 is 11.9 Å². The van der Waals surface area contributed by atoms with Gasteiger partial charge in [0.15, 0.2) is 0 Å². The SMILES string of the molecule is CCCCCCCCCCCCCCCCCCOC(=O)[C@H](N)CCC(=O)O. The number of nitrogens with two attached hydrogens (primary N) is 1. The van der Waals surface area contributed by atoms with Crippen LogP contribution in [0.3, 0.4) is 0 Å². The Morgan fingerprint density at radius 3 is 1.54 bits per heavy atom. The number of carbonyl (C=O) groups is 2. The molecule has 0 heterocycles. The second kappa shape index (κ2) is 20.6. The van der Waals surface area contributed by atoms with E-state index in [1.807, 2.05) is 0 Å². The van der Waals surface area contributed by atoms with E-state index in [0.717, 1.165) is 12.8 Å². The first-order chi connectivity index (χ1) is 13.6. The summed E-state index contributed by atoms with van der Waals surface area (Å²) in [6, 6.07) is -0.822. The van der Waals surface area contributed by atoms with Crippen LogP contribution < -0.4 is 5.73 Å². The Hall–Kier alpha value is -1.10. The lowest BCUT2D eigenvalue weighted by Gasteiger charge is -2.10. The minimum Gasteiger partial charge on any atom is -0.481 e. The fourth-order valence-corrected chi connectivity index (χ4v) is 3.33. The maximum Gasteiger partial charge on any atom is 0.322 e. The van der Waals surface area contributed by atoms with E-state index in [9.17, 15) is 9.59 Å². The minimum atomic E-state index is -0.943. The number of carboxylic acid groups (broad SMARTS) is 1. The number of aliphatic carboxylic acids is 1. The van der Waals surface area contributed by atoms with Crippen molar-refractivity contribution in [3.8, 4) is 0 Å². The summed E-state index contributed by atoms with van der Waals surface area (Å²) in [4.78, 5) is 22.0. The van der Waals surface area contributed by atoms with Gasteiger partial charge in [-0.15, -0.1) is 0 Å². The summed E-state index contributed by atoms with van der Waals surface area (Å²) in [6.45, 7) is 2.65. The van der Waals surface area contributed by atoms with Crippen LogP contribution in [0.4, 0.5) is 0 Å². The first-order valence-corrected chi connectivity index (χ1v) is 11.7. The van der Waals surface area contributed by atoms with Crippen LogP contribution in [0.25, 0.3) is 0 Å². The molecule has 0 rings (SSSR count). The molecule has 5 heteroatoms. The van der Waals surface area contributed by atoms with Gasteiger partial charge in [-0.2, -0.15) is 0 Å². The Bertz CT molecular complexity index is 374. The highest BCUT2D eigenvalue weighted by Crippen LogP contribution is 2.13. The van der Waals surface area contributed by atoms with Gasteiger partial charge >= 0.3 is 11.9 Å². The molecule has 0 unspecified atom stereocenters. The third kappa shape index (κ3) is 19.7. The van der Waals surface area contributed by atoms with E-state index < -0.39 is 18.0 Å². The van der Waals surface area contributed by atoms with Crippen LogP contribution in [-0.4, -0.2) is 29.7 Å². The number of carbonyl (C=O) groups excluding carboxylic acids is 1. The van der Waals surface area contributed by atoms with E-state index >= 15 is 0 Å². The van der Waals surface area contributed by atoms with Crippen LogP contribution in [0.2, 0.25) is 0 Å². The molecule has 0 saturated carbocycles. The molecule has 0 aliphatic carbocycles. The zero-order chi connectivity index (χ0) is 20.9. The molecule has 0 aromatic heterocycles. The van der Waals surface area contributed by atoms with Gasteiger partial charge in [0.2, 0.25) is 0 Å². The van der Waals surface area contributed by atoms with E-state index in [2.05, 4.69) is 6.92 Å². The molecule has 1 atom stereocenters. The average molecular weight is 400 g/mol. The monoisotopic (exact) mass is 399 g/mol. The summed E-state index contributed by atoms with van der Waals surface area (Å²) < 4.78 is 5.10. The lowest BCUT2D eigenvalue weighted by atomic mass is 10.0. The molecule has 0 bridgehead atoms. The number of esters is 1. The van der Waals surface area contributed by atoms with Gasteiger partial charge in [0.25, 0.3) is 0 Å². The first kappa shape index (κ1) is 26.9. The standard InChI is InChI=1S/C23H45NO4/c1-2-3-4-5-6-7-8-9-10-11-12-13-14-15-16-17-20-28-23(27)21(24)18-19-22(25)26/h21H,2-20,24H2,1H3,(H,25,26)/t21-/m1/s1. The second-order valence-electron chi connectivity index (χ2n) is 8.01. The predicted molar refractivity (Wildman–Crippen MR) is 115 cm³/mol. The molecule has 0 amide bonds. The summed E-state index contributed by atoms with van der Waals surface area (Å²) in [6.07, 6.45) is 21.0. The number of hydrogen-bond donors (Lipinski definition) is 2. The van der Waals surface area contributed by atoms with Crippen LogP contribution >= 0.6 is 0 Å². The summed E-state index contributed by atoms with van der Waals surface area (Å²) >= 11 is 0. The number of unbranched alkanes of at least 4 members (excludes halogenated alkanes) is 15. The maximum atomic E-state index is 11.6. The van der Waals surface area contributed by atoms with Crippen molar-refractivity contribution in [2.24, 2.45) is 5.73 Å². The molecule has 0 spiro atoms. The third-order valence-corrected chi connectivity index (χ3v) is 5.21. The van der Waals surface area contributed by atoms with Crippen molar-refractivity contribution in [1.29, 1.82) is 0 Å². The Balaban J connectivity index is 3.21. The Morgan fingerprint density at radius 2 is 1.14 bits per heavy atom.